The molecular weight excluding hydrogens is 278 g/mol. The molecule has 0 bridgehead atoms. The Labute approximate surface area is 129 Å². The van der Waals surface area contributed by atoms with Crippen LogP contribution in [0.2, 0.25) is 0 Å². The van der Waals surface area contributed by atoms with Crippen molar-refractivity contribution in [3.8, 4) is 0 Å². The van der Waals surface area contributed by atoms with Crippen LogP contribution >= 0.6 is 0 Å². The molecular formula is C15H21N7. The van der Waals surface area contributed by atoms with Crippen LogP contribution in [0.15, 0.2) is 12.5 Å². The monoisotopic (exact) mass is 299 g/mol. The second-order valence-corrected chi connectivity index (χ2v) is 5.74. The lowest BCUT2D eigenvalue weighted by Gasteiger charge is -2.13. The third kappa shape index (κ3) is 2.59. The first-order valence-corrected chi connectivity index (χ1v) is 7.39. The summed E-state index contributed by atoms with van der Waals surface area (Å²) in [6, 6.07) is 0. The number of rotatable bonds is 5. The number of pyridine rings is 1. The van der Waals surface area contributed by atoms with Gasteiger partial charge in [0.25, 0.3) is 0 Å². The van der Waals surface area contributed by atoms with E-state index in [4.69, 9.17) is 0 Å². The van der Waals surface area contributed by atoms with Crippen molar-refractivity contribution in [2.75, 3.05) is 32.5 Å². The lowest BCUT2D eigenvalue weighted by atomic mass is 10.1. The molecule has 0 aliphatic carbocycles. The van der Waals surface area contributed by atoms with Gasteiger partial charge >= 0.3 is 0 Å². The van der Waals surface area contributed by atoms with Crippen LogP contribution < -0.4 is 5.32 Å². The van der Waals surface area contributed by atoms with Crippen molar-refractivity contribution in [3.63, 3.8) is 0 Å². The third-order valence-corrected chi connectivity index (χ3v) is 3.70. The quantitative estimate of drug-likeness (QED) is 0.721. The molecule has 0 radical (unpaired) electrons. The summed E-state index contributed by atoms with van der Waals surface area (Å²) >= 11 is 0. The molecule has 0 unspecified atom stereocenters. The molecule has 3 aromatic rings. The molecule has 0 atom stereocenters. The maximum atomic E-state index is 4.62. The Bertz CT molecular complexity index is 806. The molecule has 1 N–H and O–H groups in total. The van der Waals surface area contributed by atoms with Gasteiger partial charge in [-0.25, -0.2) is 15.0 Å². The maximum absolute atomic E-state index is 4.62. The SMILES string of the molecule is Cc1nn(C)c2nc3ncncc3c(NCCCN(C)C)c12. The summed E-state index contributed by atoms with van der Waals surface area (Å²) in [6.45, 7) is 3.93. The van der Waals surface area contributed by atoms with Gasteiger partial charge in [-0.1, -0.05) is 0 Å². The highest BCUT2D eigenvalue weighted by atomic mass is 15.3. The number of nitrogens with one attached hydrogen (secondary N) is 1. The van der Waals surface area contributed by atoms with E-state index in [0.717, 1.165) is 47.3 Å². The summed E-state index contributed by atoms with van der Waals surface area (Å²) in [5.74, 6) is 0. The largest absolute Gasteiger partial charge is 0.384 e. The highest BCUT2D eigenvalue weighted by Crippen LogP contribution is 2.31. The summed E-state index contributed by atoms with van der Waals surface area (Å²) in [4.78, 5) is 15.2. The van der Waals surface area contributed by atoms with Crippen molar-refractivity contribution in [1.82, 2.24) is 29.6 Å². The van der Waals surface area contributed by atoms with Crippen molar-refractivity contribution in [1.29, 1.82) is 0 Å². The third-order valence-electron chi connectivity index (χ3n) is 3.70. The number of aryl methyl sites for hydroxylation is 2. The zero-order valence-corrected chi connectivity index (χ0v) is 13.5. The van der Waals surface area contributed by atoms with Crippen LogP contribution in [-0.2, 0) is 7.05 Å². The van der Waals surface area contributed by atoms with Gasteiger partial charge in [0.05, 0.1) is 22.2 Å². The van der Waals surface area contributed by atoms with E-state index in [1.54, 1.807) is 4.68 Å². The standard InChI is InChI=1S/C15H21N7/c1-10-12-13(17-6-5-7-21(2)3)11-8-16-9-18-14(11)19-15(12)22(4)20-10/h8-9H,5-7H2,1-4H3,(H,16,17,18,19). The molecule has 0 fully saturated rings. The van der Waals surface area contributed by atoms with Gasteiger partial charge in [-0.2, -0.15) is 5.10 Å². The summed E-state index contributed by atoms with van der Waals surface area (Å²) in [5, 5.41) is 10.0. The molecule has 0 amide bonds. The first kappa shape index (κ1) is 14.6. The Morgan fingerprint density at radius 1 is 1.32 bits per heavy atom. The predicted octanol–water partition coefficient (Wildman–Crippen LogP) is 1.58. The predicted molar refractivity (Wildman–Crippen MR) is 88.0 cm³/mol. The Morgan fingerprint density at radius 2 is 2.14 bits per heavy atom. The second-order valence-electron chi connectivity index (χ2n) is 5.74. The van der Waals surface area contributed by atoms with Crippen molar-refractivity contribution in [2.45, 2.75) is 13.3 Å². The Morgan fingerprint density at radius 3 is 2.91 bits per heavy atom. The highest BCUT2D eigenvalue weighted by molar-refractivity contribution is 6.06. The Kier molecular flexibility index (Phi) is 3.89. The number of hydrogen-bond acceptors (Lipinski definition) is 6. The van der Waals surface area contributed by atoms with E-state index in [-0.39, 0.29) is 0 Å². The van der Waals surface area contributed by atoms with E-state index in [2.05, 4.69) is 44.4 Å². The van der Waals surface area contributed by atoms with Gasteiger partial charge in [0.15, 0.2) is 11.3 Å². The molecule has 0 aliphatic rings. The molecule has 0 saturated heterocycles. The number of anilines is 1. The van der Waals surface area contributed by atoms with E-state index >= 15 is 0 Å². The molecule has 3 rings (SSSR count). The molecule has 3 aromatic heterocycles. The van der Waals surface area contributed by atoms with E-state index in [1.165, 1.54) is 6.33 Å². The van der Waals surface area contributed by atoms with Gasteiger partial charge in [-0.15, -0.1) is 0 Å². The van der Waals surface area contributed by atoms with Crippen molar-refractivity contribution in [2.24, 2.45) is 7.05 Å². The fraction of sp³-hybridized carbons (Fsp3) is 0.467. The van der Waals surface area contributed by atoms with E-state index in [0.29, 0.717) is 5.65 Å². The fourth-order valence-corrected chi connectivity index (χ4v) is 2.68. The van der Waals surface area contributed by atoms with Gasteiger partial charge in [0.1, 0.15) is 6.33 Å². The van der Waals surface area contributed by atoms with Gasteiger partial charge in [-0.3, -0.25) is 4.68 Å². The van der Waals surface area contributed by atoms with Crippen LogP contribution in [0.4, 0.5) is 5.69 Å². The number of fused-ring (bicyclic) bond motifs is 2. The number of hydrogen-bond donors (Lipinski definition) is 1. The first-order valence-electron chi connectivity index (χ1n) is 7.39. The molecule has 116 valence electrons. The minimum atomic E-state index is 0.695. The van der Waals surface area contributed by atoms with E-state index in [1.807, 2.05) is 20.2 Å². The molecule has 0 spiro atoms. The molecule has 7 nitrogen and oxygen atoms in total. The summed E-state index contributed by atoms with van der Waals surface area (Å²) in [6.07, 6.45) is 4.40. The second kappa shape index (κ2) is 5.84. The summed E-state index contributed by atoms with van der Waals surface area (Å²) < 4.78 is 1.80. The number of nitrogens with zero attached hydrogens (tertiary/aromatic N) is 6. The van der Waals surface area contributed by atoms with Crippen LogP contribution in [0.1, 0.15) is 12.1 Å². The van der Waals surface area contributed by atoms with Crippen LogP contribution in [0.5, 0.6) is 0 Å². The lowest BCUT2D eigenvalue weighted by molar-refractivity contribution is 0.405. The molecule has 0 aliphatic heterocycles. The maximum Gasteiger partial charge on any atom is 0.167 e. The van der Waals surface area contributed by atoms with Gasteiger partial charge in [0, 0.05) is 19.8 Å². The van der Waals surface area contributed by atoms with Crippen LogP contribution in [-0.4, -0.2) is 56.8 Å². The fourth-order valence-electron chi connectivity index (χ4n) is 2.68. The average Bonchev–Trinajstić information content (AvgIpc) is 2.77. The lowest BCUT2D eigenvalue weighted by Crippen LogP contribution is -2.16. The number of aromatic nitrogens is 5. The van der Waals surface area contributed by atoms with E-state index in [9.17, 15) is 0 Å². The Hall–Kier alpha value is -2.28. The van der Waals surface area contributed by atoms with Gasteiger partial charge < -0.3 is 10.2 Å². The average molecular weight is 299 g/mol. The molecule has 0 aromatic carbocycles. The molecule has 0 saturated carbocycles. The highest BCUT2D eigenvalue weighted by Gasteiger charge is 2.16. The summed E-state index contributed by atoms with van der Waals surface area (Å²) in [7, 11) is 6.07. The molecule has 22 heavy (non-hydrogen) atoms. The zero-order chi connectivity index (χ0) is 15.7. The smallest absolute Gasteiger partial charge is 0.167 e. The van der Waals surface area contributed by atoms with Crippen LogP contribution in [0.25, 0.3) is 22.1 Å². The normalized spacial score (nSPS) is 11.7. The minimum Gasteiger partial charge on any atom is -0.384 e. The minimum absolute atomic E-state index is 0.695. The van der Waals surface area contributed by atoms with E-state index < -0.39 is 0 Å². The molecule has 3 heterocycles. The van der Waals surface area contributed by atoms with Crippen LogP contribution in [0, 0.1) is 6.92 Å². The van der Waals surface area contributed by atoms with Crippen molar-refractivity contribution >= 4 is 27.8 Å². The van der Waals surface area contributed by atoms with Crippen molar-refractivity contribution in [3.05, 3.63) is 18.2 Å². The Balaban J connectivity index is 2.06. The topological polar surface area (TPSA) is 71.8 Å². The van der Waals surface area contributed by atoms with Gasteiger partial charge in [-0.05, 0) is 34.0 Å². The first-order chi connectivity index (χ1) is 10.6. The van der Waals surface area contributed by atoms with Crippen LogP contribution in [0.3, 0.4) is 0 Å². The zero-order valence-electron chi connectivity index (χ0n) is 13.5. The van der Waals surface area contributed by atoms with Crippen molar-refractivity contribution < 1.29 is 0 Å². The molecule has 7 heteroatoms. The van der Waals surface area contributed by atoms with Gasteiger partial charge in [0.2, 0.25) is 0 Å². The summed E-state index contributed by atoms with van der Waals surface area (Å²) in [5.41, 5.74) is 3.54.